The van der Waals surface area contributed by atoms with E-state index in [0.29, 0.717) is 11.3 Å². The van der Waals surface area contributed by atoms with Crippen LogP contribution in [-0.4, -0.2) is 11.7 Å². The standard InChI is InChI=1S/C13H16N2O2/c1-9-7-11(6-5-10(9)8-14)15-12(16)17-13(2,3)4/h5-7H,1-4H3,(H,15,16). The number of hydrogen-bond donors (Lipinski definition) is 1. The van der Waals surface area contributed by atoms with Gasteiger partial charge in [0.05, 0.1) is 11.6 Å². The minimum absolute atomic E-state index is 0.499. The molecule has 1 rings (SSSR count). The van der Waals surface area contributed by atoms with Crippen LogP contribution in [0.3, 0.4) is 0 Å². The van der Waals surface area contributed by atoms with Gasteiger partial charge in [-0.2, -0.15) is 5.26 Å². The third kappa shape index (κ3) is 4.15. The van der Waals surface area contributed by atoms with Gasteiger partial charge in [-0.15, -0.1) is 0 Å². The predicted molar refractivity (Wildman–Crippen MR) is 65.8 cm³/mol. The Kier molecular flexibility index (Phi) is 3.74. The third-order valence-corrected chi connectivity index (χ3v) is 1.99. The number of nitrogens with one attached hydrogen (secondary N) is 1. The fourth-order valence-electron chi connectivity index (χ4n) is 1.29. The predicted octanol–water partition coefficient (Wildman–Crippen LogP) is 3.21. The first-order valence-corrected chi connectivity index (χ1v) is 5.32. The molecule has 0 aliphatic rings. The second-order valence-corrected chi connectivity index (χ2v) is 4.77. The molecule has 0 aromatic heterocycles. The number of nitrogens with zero attached hydrogens (tertiary/aromatic N) is 1. The molecule has 1 N–H and O–H groups in total. The minimum atomic E-state index is -0.522. The Morgan fingerprint density at radius 1 is 1.41 bits per heavy atom. The number of rotatable bonds is 1. The molecular formula is C13H16N2O2. The Morgan fingerprint density at radius 3 is 2.53 bits per heavy atom. The molecule has 0 atom stereocenters. The molecule has 1 aromatic rings. The molecule has 4 heteroatoms. The summed E-state index contributed by atoms with van der Waals surface area (Å²) in [5, 5.41) is 11.4. The molecule has 4 nitrogen and oxygen atoms in total. The second kappa shape index (κ2) is 4.88. The highest BCUT2D eigenvalue weighted by Crippen LogP contribution is 2.16. The SMILES string of the molecule is Cc1cc(NC(=O)OC(C)(C)C)ccc1C#N. The lowest BCUT2D eigenvalue weighted by Crippen LogP contribution is -2.27. The number of carbonyl (C=O) groups excluding carboxylic acids is 1. The Labute approximate surface area is 101 Å². The van der Waals surface area contributed by atoms with E-state index in [-0.39, 0.29) is 0 Å². The van der Waals surface area contributed by atoms with Gasteiger partial charge in [-0.1, -0.05) is 0 Å². The summed E-state index contributed by atoms with van der Waals surface area (Å²) in [7, 11) is 0. The van der Waals surface area contributed by atoms with Crippen molar-refractivity contribution >= 4 is 11.8 Å². The molecule has 0 fully saturated rings. The first-order valence-electron chi connectivity index (χ1n) is 5.32. The quantitative estimate of drug-likeness (QED) is 0.808. The van der Waals surface area contributed by atoms with Gasteiger partial charge in [0.25, 0.3) is 0 Å². The lowest BCUT2D eigenvalue weighted by molar-refractivity contribution is 0.0636. The summed E-state index contributed by atoms with van der Waals surface area (Å²) in [5.74, 6) is 0. The normalized spacial score (nSPS) is 10.5. The van der Waals surface area contributed by atoms with Gasteiger partial charge >= 0.3 is 6.09 Å². The number of aryl methyl sites for hydroxylation is 1. The fourth-order valence-corrected chi connectivity index (χ4v) is 1.29. The topological polar surface area (TPSA) is 62.1 Å². The molecule has 1 amide bonds. The van der Waals surface area contributed by atoms with Crippen LogP contribution in [0.4, 0.5) is 10.5 Å². The van der Waals surface area contributed by atoms with Crippen LogP contribution >= 0.6 is 0 Å². The molecule has 0 saturated carbocycles. The van der Waals surface area contributed by atoms with E-state index in [2.05, 4.69) is 11.4 Å². The zero-order valence-electron chi connectivity index (χ0n) is 10.5. The zero-order chi connectivity index (χ0) is 13.1. The first kappa shape index (κ1) is 13.0. The fraction of sp³-hybridized carbons (Fsp3) is 0.385. The molecule has 0 saturated heterocycles. The van der Waals surface area contributed by atoms with Gasteiger partial charge in [0, 0.05) is 5.69 Å². The van der Waals surface area contributed by atoms with Crippen molar-refractivity contribution in [2.75, 3.05) is 5.32 Å². The monoisotopic (exact) mass is 232 g/mol. The number of anilines is 1. The molecule has 0 unspecified atom stereocenters. The number of nitriles is 1. The van der Waals surface area contributed by atoms with Crippen molar-refractivity contribution in [1.29, 1.82) is 5.26 Å². The van der Waals surface area contributed by atoms with Gasteiger partial charge in [-0.25, -0.2) is 4.79 Å². The average molecular weight is 232 g/mol. The van der Waals surface area contributed by atoms with E-state index in [1.807, 2.05) is 6.92 Å². The van der Waals surface area contributed by atoms with E-state index in [0.717, 1.165) is 5.56 Å². The van der Waals surface area contributed by atoms with Crippen molar-refractivity contribution in [1.82, 2.24) is 0 Å². The Bertz CT molecular complexity index is 467. The second-order valence-electron chi connectivity index (χ2n) is 4.77. The average Bonchev–Trinajstić information content (AvgIpc) is 2.14. The molecular weight excluding hydrogens is 216 g/mol. The van der Waals surface area contributed by atoms with Gasteiger partial charge in [0.2, 0.25) is 0 Å². The van der Waals surface area contributed by atoms with E-state index >= 15 is 0 Å². The van der Waals surface area contributed by atoms with Crippen LogP contribution < -0.4 is 5.32 Å². The molecule has 0 aliphatic carbocycles. The zero-order valence-corrected chi connectivity index (χ0v) is 10.5. The van der Waals surface area contributed by atoms with Crippen LogP contribution in [0.5, 0.6) is 0 Å². The minimum Gasteiger partial charge on any atom is -0.444 e. The van der Waals surface area contributed by atoms with E-state index < -0.39 is 11.7 Å². The van der Waals surface area contributed by atoms with Crippen molar-refractivity contribution < 1.29 is 9.53 Å². The van der Waals surface area contributed by atoms with E-state index in [1.54, 1.807) is 39.0 Å². The molecule has 17 heavy (non-hydrogen) atoms. The highest BCUT2D eigenvalue weighted by atomic mass is 16.6. The summed E-state index contributed by atoms with van der Waals surface area (Å²) >= 11 is 0. The maximum absolute atomic E-state index is 11.5. The van der Waals surface area contributed by atoms with Crippen LogP contribution in [0.2, 0.25) is 0 Å². The van der Waals surface area contributed by atoms with Crippen molar-refractivity contribution in [3.8, 4) is 6.07 Å². The van der Waals surface area contributed by atoms with Crippen LogP contribution in [-0.2, 0) is 4.74 Å². The van der Waals surface area contributed by atoms with Crippen LogP contribution in [0, 0.1) is 18.3 Å². The van der Waals surface area contributed by atoms with E-state index in [9.17, 15) is 4.79 Å². The molecule has 0 heterocycles. The van der Waals surface area contributed by atoms with Gasteiger partial charge in [0.15, 0.2) is 0 Å². The van der Waals surface area contributed by atoms with Crippen LogP contribution in [0.25, 0.3) is 0 Å². The third-order valence-electron chi connectivity index (χ3n) is 1.99. The van der Waals surface area contributed by atoms with Gasteiger partial charge in [-0.05, 0) is 51.5 Å². The van der Waals surface area contributed by atoms with Crippen molar-refractivity contribution in [2.24, 2.45) is 0 Å². The Balaban J connectivity index is 2.74. The van der Waals surface area contributed by atoms with E-state index in [4.69, 9.17) is 10.00 Å². The number of carbonyl (C=O) groups is 1. The summed E-state index contributed by atoms with van der Waals surface area (Å²) in [6, 6.07) is 7.15. The Hall–Kier alpha value is -2.02. The smallest absolute Gasteiger partial charge is 0.412 e. The molecule has 1 aromatic carbocycles. The molecule has 0 radical (unpaired) electrons. The molecule has 90 valence electrons. The lowest BCUT2D eigenvalue weighted by atomic mass is 10.1. The summed E-state index contributed by atoms with van der Waals surface area (Å²) in [4.78, 5) is 11.5. The lowest BCUT2D eigenvalue weighted by Gasteiger charge is -2.19. The van der Waals surface area contributed by atoms with Crippen molar-refractivity contribution in [3.05, 3.63) is 29.3 Å². The first-order chi connectivity index (χ1) is 7.81. The summed E-state index contributed by atoms with van der Waals surface area (Å²) in [5.41, 5.74) is 1.52. The summed E-state index contributed by atoms with van der Waals surface area (Å²) in [6.07, 6.45) is -0.499. The molecule has 0 bridgehead atoms. The number of benzene rings is 1. The van der Waals surface area contributed by atoms with Gasteiger partial charge in [-0.3, -0.25) is 5.32 Å². The van der Waals surface area contributed by atoms with Crippen molar-refractivity contribution in [3.63, 3.8) is 0 Å². The highest BCUT2D eigenvalue weighted by molar-refractivity contribution is 5.85. The Morgan fingerprint density at radius 2 is 2.06 bits per heavy atom. The van der Waals surface area contributed by atoms with E-state index in [1.165, 1.54) is 0 Å². The molecule has 0 aliphatic heterocycles. The van der Waals surface area contributed by atoms with Crippen LogP contribution in [0.1, 0.15) is 31.9 Å². The summed E-state index contributed by atoms with van der Waals surface area (Å²) < 4.78 is 5.12. The van der Waals surface area contributed by atoms with Crippen molar-refractivity contribution in [2.45, 2.75) is 33.3 Å². The summed E-state index contributed by atoms with van der Waals surface area (Å²) in [6.45, 7) is 7.22. The van der Waals surface area contributed by atoms with Gasteiger partial charge in [0.1, 0.15) is 5.60 Å². The maximum Gasteiger partial charge on any atom is 0.412 e. The van der Waals surface area contributed by atoms with Gasteiger partial charge < -0.3 is 4.74 Å². The number of hydrogen-bond acceptors (Lipinski definition) is 3. The highest BCUT2D eigenvalue weighted by Gasteiger charge is 2.16. The molecule has 0 spiro atoms. The largest absolute Gasteiger partial charge is 0.444 e. The number of amides is 1. The maximum atomic E-state index is 11.5. The van der Waals surface area contributed by atoms with Crippen LogP contribution in [0.15, 0.2) is 18.2 Å². The number of ether oxygens (including phenoxy) is 1.